The molecule has 0 saturated carbocycles. The summed E-state index contributed by atoms with van der Waals surface area (Å²) in [6.45, 7) is 2.01. The number of hydrogen-bond acceptors (Lipinski definition) is 3. The lowest BCUT2D eigenvalue weighted by Crippen LogP contribution is -2.03. The number of fused-ring (bicyclic) bond motifs is 1. The van der Waals surface area contributed by atoms with Crippen LogP contribution in [-0.4, -0.2) is 20.5 Å². The van der Waals surface area contributed by atoms with Gasteiger partial charge in [-0.25, -0.2) is 4.98 Å². The minimum absolute atomic E-state index is 0.112. The van der Waals surface area contributed by atoms with Crippen LogP contribution in [0.15, 0.2) is 35.7 Å². The number of carboxylic acids is 1. The maximum absolute atomic E-state index is 10.9. The van der Waals surface area contributed by atoms with E-state index in [4.69, 9.17) is 5.11 Å². The van der Waals surface area contributed by atoms with Gasteiger partial charge in [0.1, 0.15) is 11.3 Å². The van der Waals surface area contributed by atoms with Crippen LogP contribution in [0.25, 0.3) is 16.2 Å². The molecule has 0 fully saturated rings. The second-order valence-corrected chi connectivity index (χ2v) is 5.59. The first-order chi connectivity index (χ1) is 9.66. The molecule has 1 N–H and O–H groups in total. The largest absolute Gasteiger partial charge is 0.481 e. The normalized spacial score (nSPS) is 11.1. The summed E-state index contributed by atoms with van der Waals surface area (Å²) in [5.41, 5.74) is 3.81. The summed E-state index contributed by atoms with van der Waals surface area (Å²) in [5.74, 6) is -0.786. The van der Waals surface area contributed by atoms with E-state index < -0.39 is 5.97 Å². The minimum Gasteiger partial charge on any atom is -0.481 e. The van der Waals surface area contributed by atoms with Crippen LogP contribution in [-0.2, 0) is 11.2 Å². The lowest BCUT2D eigenvalue weighted by molar-refractivity contribution is -0.136. The number of aromatic nitrogens is 2. The molecule has 0 saturated heterocycles. The zero-order valence-electron chi connectivity index (χ0n) is 11.0. The van der Waals surface area contributed by atoms with Gasteiger partial charge in [-0.3, -0.25) is 4.79 Å². The highest BCUT2D eigenvalue weighted by molar-refractivity contribution is 7.13. The zero-order valence-corrected chi connectivity index (χ0v) is 11.9. The van der Waals surface area contributed by atoms with E-state index in [9.17, 15) is 4.79 Å². The van der Waals surface area contributed by atoms with Crippen molar-refractivity contribution >= 4 is 23.0 Å². The van der Waals surface area contributed by atoms with Gasteiger partial charge in [0.05, 0.1) is 17.0 Å². The van der Waals surface area contributed by atoms with Gasteiger partial charge in [-0.05, 0) is 30.5 Å². The molecule has 0 atom stereocenters. The first-order valence-corrected chi connectivity index (χ1v) is 7.27. The predicted molar refractivity (Wildman–Crippen MR) is 79.2 cm³/mol. The number of hydrogen-bond donors (Lipinski definition) is 1. The Morgan fingerprint density at radius 3 is 2.90 bits per heavy atom. The van der Waals surface area contributed by atoms with E-state index in [1.807, 2.05) is 42.6 Å². The molecule has 0 bridgehead atoms. The number of thiophene rings is 1. The van der Waals surface area contributed by atoms with E-state index >= 15 is 0 Å². The number of carbonyl (C=O) groups is 1. The topological polar surface area (TPSA) is 54.6 Å². The molecular formula is C15H14N2O2S. The number of imidazole rings is 1. The predicted octanol–water partition coefficient (Wildman–Crippen LogP) is 3.39. The van der Waals surface area contributed by atoms with E-state index in [0.29, 0.717) is 6.42 Å². The summed E-state index contributed by atoms with van der Waals surface area (Å²) in [7, 11) is 0. The Kier molecular flexibility index (Phi) is 3.28. The van der Waals surface area contributed by atoms with Crippen LogP contribution in [0.3, 0.4) is 0 Å². The molecule has 3 aromatic rings. The van der Waals surface area contributed by atoms with Gasteiger partial charge in [0.25, 0.3) is 0 Å². The Morgan fingerprint density at radius 2 is 2.20 bits per heavy atom. The van der Waals surface area contributed by atoms with Gasteiger partial charge >= 0.3 is 5.97 Å². The third-order valence-corrected chi connectivity index (χ3v) is 4.14. The maximum atomic E-state index is 10.9. The molecule has 0 spiro atoms. The molecule has 102 valence electrons. The quantitative estimate of drug-likeness (QED) is 0.800. The van der Waals surface area contributed by atoms with Crippen LogP contribution in [0.4, 0.5) is 0 Å². The Bertz CT molecular complexity index is 760. The van der Waals surface area contributed by atoms with Crippen LogP contribution in [0.5, 0.6) is 0 Å². The third kappa shape index (κ3) is 2.20. The summed E-state index contributed by atoms with van der Waals surface area (Å²) < 4.78 is 2.05. The molecule has 0 radical (unpaired) electrons. The highest BCUT2D eigenvalue weighted by Crippen LogP contribution is 2.29. The molecule has 0 aliphatic carbocycles. The van der Waals surface area contributed by atoms with Gasteiger partial charge in [-0.1, -0.05) is 12.1 Å². The summed E-state index contributed by atoms with van der Waals surface area (Å²) in [6, 6.07) is 9.94. The summed E-state index contributed by atoms with van der Waals surface area (Å²) >= 11 is 1.62. The molecular weight excluding hydrogens is 272 g/mol. The van der Waals surface area contributed by atoms with Crippen molar-refractivity contribution < 1.29 is 9.90 Å². The van der Waals surface area contributed by atoms with Crippen molar-refractivity contribution in [1.82, 2.24) is 9.38 Å². The first-order valence-electron chi connectivity index (χ1n) is 6.39. The van der Waals surface area contributed by atoms with Crippen molar-refractivity contribution in [3.05, 3.63) is 47.1 Å². The smallest absolute Gasteiger partial charge is 0.303 e. The fourth-order valence-corrected chi connectivity index (χ4v) is 3.13. The molecule has 0 aromatic carbocycles. The van der Waals surface area contributed by atoms with Crippen molar-refractivity contribution in [1.29, 1.82) is 0 Å². The Morgan fingerprint density at radius 1 is 1.35 bits per heavy atom. The number of nitrogens with zero attached hydrogens (tertiary/aromatic N) is 2. The zero-order chi connectivity index (χ0) is 14.1. The number of aliphatic carboxylic acids is 1. The Balaban J connectivity index is 2.20. The molecule has 3 heterocycles. The number of rotatable bonds is 4. The van der Waals surface area contributed by atoms with E-state index in [2.05, 4.69) is 9.38 Å². The fraction of sp³-hybridized carbons (Fsp3) is 0.200. The highest BCUT2D eigenvalue weighted by Gasteiger charge is 2.16. The van der Waals surface area contributed by atoms with Crippen LogP contribution in [0.2, 0.25) is 0 Å². The van der Waals surface area contributed by atoms with E-state index in [0.717, 1.165) is 27.6 Å². The Labute approximate surface area is 120 Å². The van der Waals surface area contributed by atoms with Gasteiger partial charge in [0.2, 0.25) is 0 Å². The van der Waals surface area contributed by atoms with E-state index in [-0.39, 0.29) is 6.42 Å². The molecule has 3 rings (SSSR count). The SMILES string of the molecule is Cc1cccc2nc(-c3cccs3)c(CCC(=O)O)n12. The molecule has 20 heavy (non-hydrogen) atoms. The summed E-state index contributed by atoms with van der Waals surface area (Å²) in [5, 5.41) is 11.0. The van der Waals surface area contributed by atoms with Gasteiger partial charge in [0, 0.05) is 12.1 Å². The van der Waals surface area contributed by atoms with Crippen molar-refractivity contribution in [3.8, 4) is 10.6 Å². The summed E-state index contributed by atoms with van der Waals surface area (Å²) in [4.78, 5) is 16.6. The number of aryl methyl sites for hydroxylation is 2. The Hall–Kier alpha value is -2.14. The molecule has 4 nitrogen and oxygen atoms in total. The fourth-order valence-electron chi connectivity index (χ4n) is 2.39. The van der Waals surface area contributed by atoms with Crippen LogP contribution in [0, 0.1) is 6.92 Å². The second-order valence-electron chi connectivity index (χ2n) is 4.64. The highest BCUT2D eigenvalue weighted by atomic mass is 32.1. The first kappa shape index (κ1) is 12.9. The third-order valence-electron chi connectivity index (χ3n) is 3.26. The average molecular weight is 286 g/mol. The molecule has 0 unspecified atom stereocenters. The van der Waals surface area contributed by atoms with Crippen LogP contribution >= 0.6 is 11.3 Å². The molecule has 0 aliphatic heterocycles. The molecule has 3 aromatic heterocycles. The average Bonchev–Trinajstić information content (AvgIpc) is 3.03. The van der Waals surface area contributed by atoms with Crippen LogP contribution in [0.1, 0.15) is 17.8 Å². The van der Waals surface area contributed by atoms with Crippen molar-refractivity contribution in [3.63, 3.8) is 0 Å². The second kappa shape index (κ2) is 5.09. The van der Waals surface area contributed by atoms with Crippen molar-refractivity contribution in [2.45, 2.75) is 19.8 Å². The molecule has 0 amide bonds. The summed E-state index contributed by atoms with van der Waals surface area (Å²) in [6.07, 6.45) is 0.592. The minimum atomic E-state index is -0.786. The lowest BCUT2D eigenvalue weighted by Gasteiger charge is -2.05. The van der Waals surface area contributed by atoms with Gasteiger partial charge < -0.3 is 9.51 Å². The van der Waals surface area contributed by atoms with Gasteiger partial charge in [-0.15, -0.1) is 11.3 Å². The molecule has 5 heteroatoms. The lowest BCUT2D eigenvalue weighted by atomic mass is 10.1. The van der Waals surface area contributed by atoms with Crippen molar-refractivity contribution in [2.24, 2.45) is 0 Å². The van der Waals surface area contributed by atoms with E-state index in [1.54, 1.807) is 11.3 Å². The van der Waals surface area contributed by atoms with Gasteiger partial charge in [0.15, 0.2) is 0 Å². The number of pyridine rings is 1. The van der Waals surface area contributed by atoms with Crippen molar-refractivity contribution in [2.75, 3.05) is 0 Å². The van der Waals surface area contributed by atoms with Gasteiger partial charge in [-0.2, -0.15) is 0 Å². The number of carboxylic acid groups (broad SMARTS) is 1. The monoisotopic (exact) mass is 286 g/mol. The molecule has 0 aliphatic rings. The maximum Gasteiger partial charge on any atom is 0.303 e. The van der Waals surface area contributed by atoms with E-state index in [1.165, 1.54) is 0 Å². The standard InChI is InChI=1S/C15H14N2O2S/c1-10-4-2-6-13-16-15(12-5-3-9-20-12)11(17(10)13)7-8-14(18)19/h2-6,9H,7-8H2,1H3,(H,18,19). The van der Waals surface area contributed by atoms with Crippen LogP contribution < -0.4 is 0 Å².